The van der Waals surface area contributed by atoms with Crippen molar-refractivity contribution in [2.24, 2.45) is 0 Å². The number of anilines is 1. The Bertz CT molecular complexity index is 667. The number of nitrogens with two attached hydrogens (primary N) is 1. The van der Waals surface area contributed by atoms with E-state index in [1.807, 2.05) is 28.9 Å². The van der Waals surface area contributed by atoms with Crippen molar-refractivity contribution in [3.05, 3.63) is 48.4 Å². The standard InChI is InChI=1S/C13H12N4/c1-9-8-17-11(4-5-16-17)6-12(9)10-2-3-13(14)15-7-10/h2-8H,1H3,(H2,14,15). The number of nitrogens with zero attached hydrogens (tertiary/aromatic N) is 3. The van der Waals surface area contributed by atoms with Crippen LogP contribution in [0.2, 0.25) is 0 Å². The van der Waals surface area contributed by atoms with Crippen molar-refractivity contribution in [3.8, 4) is 11.1 Å². The first kappa shape index (κ1) is 9.84. The molecule has 0 radical (unpaired) electrons. The highest BCUT2D eigenvalue weighted by Crippen LogP contribution is 2.24. The third kappa shape index (κ3) is 1.63. The first-order valence-electron chi connectivity index (χ1n) is 5.40. The van der Waals surface area contributed by atoms with Crippen LogP contribution in [0, 0.1) is 6.92 Å². The van der Waals surface area contributed by atoms with Crippen LogP contribution in [-0.2, 0) is 0 Å². The first-order chi connectivity index (χ1) is 8.24. The third-order valence-electron chi connectivity index (χ3n) is 2.83. The van der Waals surface area contributed by atoms with Crippen molar-refractivity contribution >= 4 is 11.3 Å². The van der Waals surface area contributed by atoms with Crippen LogP contribution in [0.5, 0.6) is 0 Å². The average Bonchev–Trinajstić information content (AvgIpc) is 2.76. The van der Waals surface area contributed by atoms with E-state index in [1.54, 1.807) is 12.4 Å². The largest absolute Gasteiger partial charge is 0.384 e. The quantitative estimate of drug-likeness (QED) is 0.690. The highest BCUT2D eigenvalue weighted by atomic mass is 15.2. The summed E-state index contributed by atoms with van der Waals surface area (Å²) in [6.07, 6.45) is 5.60. The number of aromatic nitrogens is 3. The summed E-state index contributed by atoms with van der Waals surface area (Å²) in [6, 6.07) is 7.89. The van der Waals surface area contributed by atoms with Crippen LogP contribution in [0.1, 0.15) is 5.56 Å². The minimum atomic E-state index is 0.539. The fourth-order valence-electron chi connectivity index (χ4n) is 1.94. The van der Waals surface area contributed by atoms with Gasteiger partial charge in [-0.1, -0.05) is 0 Å². The van der Waals surface area contributed by atoms with Gasteiger partial charge in [-0.25, -0.2) is 9.50 Å². The lowest BCUT2D eigenvalue weighted by molar-refractivity contribution is 0.952. The average molecular weight is 224 g/mol. The molecular formula is C13H12N4. The Morgan fingerprint density at radius 1 is 1.24 bits per heavy atom. The molecule has 0 amide bonds. The Balaban J connectivity index is 2.21. The molecule has 0 aliphatic carbocycles. The van der Waals surface area contributed by atoms with Crippen molar-refractivity contribution in [1.82, 2.24) is 14.6 Å². The van der Waals surface area contributed by atoms with Gasteiger partial charge in [0.05, 0.1) is 5.52 Å². The van der Waals surface area contributed by atoms with E-state index in [0.717, 1.165) is 22.2 Å². The van der Waals surface area contributed by atoms with Crippen LogP contribution in [0.25, 0.3) is 16.6 Å². The van der Waals surface area contributed by atoms with Crippen molar-refractivity contribution in [2.45, 2.75) is 6.92 Å². The van der Waals surface area contributed by atoms with Crippen molar-refractivity contribution in [2.75, 3.05) is 5.73 Å². The van der Waals surface area contributed by atoms with Gasteiger partial charge in [-0.05, 0) is 42.3 Å². The third-order valence-corrected chi connectivity index (χ3v) is 2.83. The van der Waals surface area contributed by atoms with Gasteiger partial charge < -0.3 is 5.73 Å². The molecule has 2 N–H and O–H groups in total. The SMILES string of the molecule is Cc1cn2nccc2cc1-c1ccc(N)nc1. The maximum Gasteiger partial charge on any atom is 0.123 e. The monoisotopic (exact) mass is 224 g/mol. The summed E-state index contributed by atoms with van der Waals surface area (Å²) in [5.41, 5.74) is 10.1. The number of aryl methyl sites for hydroxylation is 1. The fourth-order valence-corrected chi connectivity index (χ4v) is 1.94. The maximum absolute atomic E-state index is 5.59. The molecule has 0 bridgehead atoms. The van der Waals surface area contributed by atoms with E-state index in [-0.39, 0.29) is 0 Å². The first-order valence-corrected chi connectivity index (χ1v) is 5.40. The molecule has 3 aromatic rings. The molecule has 84 valence electrons. The van der Waals surface area contributed by atoms with Crippen LogP contribution >= 0.6 is 0 Å². The second-order valence-corrected chi connectivity index (χ2v) is 4.04. The predicted molar refractivity (Wildman–Crippen MR) is 67.6 cm³/mol. The Morgan fingerprint density at radius 3 is 2.88 bits per heavy atom. The summed E-state index contributed by atoms with van der Waals surface area (Å²) < 4.78 is 1.86. The minimum absolute atomic E-state index is 0.539. The van der Waals surface area contributed by atoms with Gasteiger partial charge in [-0.2, -0.15) is 5.10 Å². The smallest absolute Gasteiger partial charge is 0.123 e. The van der Waals surface area contributed by atoms with Crippen molar-refractivity contribution in [1.29, 1.82) is 0 Å². The molecule has 0 fully saturated rings. The Hall–Kier alpha value is -2.36. The zero-order valence-corrected chi connectivity index (χ0v) is 9.46. The summed E-state index contributed by atoms with van der Waals surface area (Å²) in [6.45, 7) is 2.06. The molecule has 0 atom stereocenters. The summed E-state index contributed by atoms with van der Waals surface area (Å²) in [5.74, 6) is 0.539. The molecule has 3 aromatic heterocycles. The van der Waals surface area contributed by atoms with Gasteiger partial charge in [0.1, 0.15) is 5.82 Å². The van der Waals surface area contributed by atoms with E-state index in [1.165, 1.54) is 0 Å². The lowest BCUT2D eigenvalue weighted by Gasteiger charge is -2.07. The maximum atomic E-state index is 5.59. The summed E-state index contributed by atoms with van der Waals surface area (Å²) in [7, 11) is 0. The van der Waals surface area contributed by atoms with Crippen LogP contribution < -0.4 is 5.73 Å². The van der Waals surface area contributed by atoms with Crippen molar-refractivity contribution < 1.29 is 0 Å². The van der Waals surface area contributed by atoms with Gasteiger partial charge in [-0.3, -0.25) is 0 Å². The van der Waals surface area contributed by atoms with Crippen LogP contribution in [0.4, 0.5) is 5.82 Å². The molecule has 4 heteroatoms. The topological polar surface area (TPSA) is 56.2 Å². The number of pyridine rings is 2. The molecule has 4 nitrogen and oxygen atoms in total. The molecule has 0 aromatic carbocycles. The van der Waals surface area contributed by atoms with E-state index in [2.05, 4.69) is 23.1 Å². The zero-order valence-electron chi connectivity index (χ0n) is 9.46. The van der Waals surface area contributed by atoms with Crippen LogP contribution in [0.15, 0.2) is 42.9 Å². The number of hydrogen-bond donors (Lipinski definition) is 1. The second kappa shape index (κ2) is 3.59. The summed E-state index contributed by atoms with van der Waals surface area (Å²) >= 11 is 0. The van der Waals surface area contributed by atoms with Gasteiger partial charge in [0.15, 0.2) is 0 Å². The lowest BCUT2D eigenvalue weighted by atomic mass is 10.0. The fraction of sp³-hybridized carbons (Fsp3) is 0.0769. The predicted octanol–water partition coefficient (Wildman–Crippen LogP) is 2.29. The van der Waals surface area contributed by atoms with Gasteiger partial charge >= 0.3 is 0 Å². The lowest BCUT2D eigenvalue weighted by Crippen LogP contribution is -1.93. The molecule has 0 aliphatic heterocycles. The molecule has 3 rings (SSSR count). The number of hydrogen-bond acceptors (Lipinski definition) is 3. The van der Waals surface area contributed by atoms with Gasteiger partial charge in [-0.15, -0.1) is 0 Å². The molecule has 0 unspecified atom stereocenters. The Labute approximate surface area is 98.7 Å². The van der Waals surface area contributed by atoms with Crippen LogP contribution in [0.3, 0.4) is 0 Å². The normalized spacial score (nSPS) is 10.9. The minimum Gasteiger partial charge on any atom is -0.384 e. The molecule has 17 heavy (non-hydrogen) atoms. The summed E-state index contributed by atoms with van der Waals surface area (Å²) in [5, 5.41) is 4.21. The highest BCUT2D eigenvalue weighted by Gasteiger charge is 2.05. The Morgan fingerprint density at radius 2 is 2.12 bits per heavy atom. The number of fused-ring (bicyclic) bond motifs is 1. The molecule has 3 heterocycles. The van der Waals surface area contributed by atoms with E-state index >= 15 is 0 Å². The van der Waals surface area contributed by atoms with Gasteiger partial charge in [0.25, 0.3) is 0 Å². The van der Waals surface area contributed by atoms with E-state index in [4.69, 9.17) is 5.73 Å². The Kier molecular flexibility index (Phi) is 2.08. The molecule has 0 saturated carbocycles. The molecule has 0 saturated heterocycles. The number of rotatable bonds is 1. The molecular weight excluding hydrogens is 212 g/mol. The zero-order chi connectivity index (χ0) is 11.8. The van der Waals surface area contributed by atoms with E-state index in [0.29, 0.717) is 5.82 Å². The highest BCUT2D eigenvalue weighted by molar-refractivity contribution is 5.71. The second-order valence-electron chi connectivity index (χ2n) is 4.04. The van der Waals surface area contributed by atoms with Gasteiger partial charge in [0.2, 0.25) is 0 Å². The van der Waals surface area contributed by atoms with E-state index < -0.39 is 0 Å². The van der Waals surface area contributed by atoms with Gasteiger partial charge in [0, 0.05) is 24.2 Å². The summed E-state index contributed by atoms with van der Waals surface area (Å²) in [4.78, 5) is 4.12. The van der Waals surface area contributed by atoms with E-state index in [9.17, 15) is 0 Å². The molecule has 0 aliphatic rings. The van der Waals surface area contributed by atoms with Crippen LogP contribution in [-0.4, -0.2) is 14.6 Å². The van der Waals surface area contributed by atoms with Crippen molar-refractivity contribution in [3.63, 3.8) is 0 Å². The molecule has 0 spiro atoms. The number of nitrogen functional groups attached to an aromatic ring is 1.